The predicted molar refractivity (Wildman–Crippen MR) is 62.6 cm³/mol. The summed E-state index contributed by atoms with van der Waals surface area (Å²) in [4.78, 5) is 25.2. The summed E-state index contributed by atoms with van der Waals surface area (Å²) in [6.45, 7) is 3.03. The van der Waals surface area contributed by atoms with Gasteiger partial charge in [-0.2, -0.15) is 0 Å². The van der Waals surface area contributed by atoms with Crippen molar-refractivity contribution < 1.29 is 14.7 Å². The van der Waals surface area contributed by atoms with Gasteiger partial charge in [0.15, 0.2) is 0 Å². The van der Waals surface area contributed by atoms with Crippen LogP contribution in [-0.4, -0.2) is 48.1 Å². The van der Waals surface area contributed by atoms with E-state index in [1.807, 2.05) is 0 Å². The Morgan fingerprint density at radius 1 is 1.18 bits per heavy atom. The summed E-state index contributed by atoms with van der Waals surface area (Å²) in [7, 11) is 0. The number of hydrogen-bond donors (Lipinski definition) is 2. The minimum Gasteiger partial charge on any atom is -0.481 e. The van der Waals surface area contributed by atoms with Gasteiger partial charge in [-0.3, -0.25) is 9.59 Å². The topological polar surface area (TPSA) is 69.6 Å². The maximum atomic E-state index is 12.1. The number of piperazine rings is 1. The van der Waals surface area contributed by atoms with Crippen LogP contribution in [0, 0.1) is 5.41 Å². The van der Waals surface area contributed by atoms with Crippen LogP contribution in [0.15, 0.2) is 0 Å². The Bertz CT molecular complexity index is 305. The van der Waals surface area contributed by atoms with Crippen molar-refractivity contribution >= 4 is 11.9 Å². The van der Waals surface area contributed by atoms with Gasteiger partial charge in [0.05, 0.1) is 5.41 Å². The van der Waals surface area contributed by atoms with Crippen LogP contribution in [-0.2, 0) is 9.59 Å². The van der Waals surface area contributed by atoms with E-state index < -0.39 is 11.4 Å². The number of carboxylic acids is 1. The average Bonchev–Trinajstić information content (AvgIpc) is 2.80. The van der Waals surface area contributed by atoms with Gasteiger partial charge < -0.3 is 15.3 Å². The summed E-state index contributed by atoms with van der Waals surface area (Å²) in [5, 5.41) is 12.5. The summed E-state index contributed by atoms with van der Waals surface area (Å²) < 4.78 is 0. The second-order valence-corrected chi connectivity index (χ2v) is 5.10. The fourth-order valence-corrected chi connectivity index (χ4v) is 2.83. The van der Waals surface area contributed by atoms with E-state index in [0.717, 1.165) is 25.9 Å². The Hall–Kier alpha value is -1.10. The van der Waals surface area contributed by atoms with Crippen LogP contribution in [0.25, 0.3) is 0 Å². The van der Waals surface area contributed by atoms with E-state index in [1.165, 1.54) is 0 Å². The number of carbonyl (C=O) groups is 2. The van der Waals surface area contributed by atoms with Crippen molar-refractivity contribution in [2.75, 3.05) is 26.2 Å². The lowest BCUT2D eigenvalue weighted by Crippen LogP contribution is -2.48. The molecule has 0 aromatic heterocycles. The average molecular weight is 240 g/mol. The highest BCUT2D eigenvalue weighted by atomic mass is 16.4. The van der Waals surface area contributed by atoms with Gasteiger partial charge in [-0.15, -0.1) is 0 Å². The first kappa shape index (κ1) is 12.4. The van der Waals surface area contributed by atoms with Gasteiger partial charge in [0.2, 0.25) is 5.91 Å². The Morgan fingerprint density at radius 3 is 2.29 bits per heavy atom. The smallest absolute Gasteiger partial charge is 0.310 e. The van der Waals surface area contributed by atoms with Gasteiger partial charge in [0.1, 0.15) is 0 Å². The van der Waals surface area contributed by atoms with Crippen LogP contribution in [0.1, 0.15) is 32.1 Å². The molecular formula is C12H20N2O3. The lowest BCUT2D eigenvalue weighted by molar-refractivity contribution is -0.153. The van der Waals surface area contributed by atoms with Gasteiger partial charge in [0.25, 0.3) is 0 Å². The minimum absolute atomic E-state index is 0.0100. The molecule has 1 aliphatic carbocycles. The van der Waals surface area contributed by atoms with Crippen molar-refractivity contribution in [1.82, 2.24) is 10.2 Å². The number of aliphatic carboxylic acids is 1. The summed E-state index contributed by atoms with van der Waals surface area (Å²) in [5.74, 6) is -0.783. The second-order valence-electron chi connectivity index (χ2n) is 5.10. The molecule has 5 heteroatoms. The molecule has 0 atom stereocenters. The molecule has 0 aromatic rings. The molecule has 17 heavy (non-hydrogen) atoms. The van der Waals surface area contributed by atoms with Crippen LogP contribution < -0.4 is 5.32 Å². The van der Waals surface area contributed by atoms with E-state index in [0.29, 0.717) is 25.9 Å². The highest BCUT2D eigenvalue weighted by Gasteiger charge is 2.43. The first-order chi connectivity index (χ1) is 8.14. The number of carbonyl (C=O) groups excluding carboxylic acids is 1. The van der Waals surface area contributed by atoms with Gasteiger partial charge >= 0.3 is 5.97 Å². The summed E-state index contributed by atoms with van der Waals surface area (Å²) in [5.41, 5.74) is -0.776. The normalized spacial score (nSPS) is 23.6. The van der Waals surface area contributed by atoms with Crippen LogP contribution >= 0.6 is 0 Å². The minimum atomic E-state index is -0.793. The van der Waals surface area contributed by atoms with Gasteiger partial charge in [-0.05, 0) is 12.8 Å². The third kappa shape index (κ3) is 2.60. The molecule has 1 heterocycles. The molecule has 0 unspecified atom stereocenters. The molecule has 0 radical (unpaired) electrons. The largest absolute Gasteiger partial charge is 0.481 e. The van der Waals surface area contributed by atoms with Crippen LogP contribution in [0.2, 0.25) is 0 Å². The maximum Gasteiger partial charge on any atom is 0.310 e. The first-order valence-electron chi connectivity index (χ1n) is 6.36. The van der Waals surface area contributed by atoms with Gasteiger partial charge in [-0.1, -0.05) is 12.8 Å². The zero-order chi connectivity index (χ0) is 12.3. The number of carboxylic acid groups (broad SMARTS) is 1. The third-order valence-electron chi connectivity index (χ3n) is 3.97. The molecule has 1 amide bonds. The van der Waals surface area contributed by atoms with Gasteiger partial charge in [0, 0.05) is 32.6 Å². The standard InChI is InChI=1S/C12H20N2O3/c15-10(14-7-5-13-6-8-14)9-12(11(16)17)3-1-2-4-12/h13H,1-9H2,(H,16,17). The lowest BCUT2D eigenvalue weighted by Gasteiger charge is -2.31. The Labute approximate surface area is 101 Å². The molecule has 2 rings (SSSR count). The van der Waals surface area contributed by atoms with Crippen molar-refractivity contribution in [1.29, 1.82) is 0 Å². The molecule has 1 aliphatic heterocycles. The van der Waals surface area contributed by atoms with E-state index in [-0.39, 0.29) is 12.3 Å². The van der Waals surface area contributed by atoms with E-state index in [1.54, 1.807) is 4.90 Å². The Balaban J connectivity index is 1.98. The molecular weight excluding hydrogens is 220 g/mol. The van der Waals surface area contributed by atoms with Crippen molar-refractivity contribution in [3.8, 4) is 0 Å². The van der Waals surface area contributed by atoms with Crippen molar-refractivity contribution in [3.63, 3.8) is 0 Å². The van der Waals surface area contributed by atoms with E-state index >= 15 is 0 Å². The highest BCUT2D eigenvalue weighted by Crippen LogP contribution is 2.41. The molecule has 5 nitrogen and oxygen atoms in total. The highest BCUT2D eigenvalue weighted by molar-refractivity contribution is 5.85. The first-order valence-corrected chi connectivity index (χ1v) is 6.36. The molecule has 1 saturated heterocycles. The summed E-state index contributed by atoms with van der Waals surface area (Å²) in [6, 6.07) is 0. The van der Waals surface area contributed by atoms with Gasteiger partial charge in [-0.25, -0.2) is 0 Å². The fourth-order valence-electron chi connectivity index (χ4n) is 2.83. The van der Waals surface area contributed by atoms with Crippen molar-refractivity contribution in [3.05, 3.63) is 0 Å². The van der Waals surface area contributed by atoms with Crippen LogP contribution in [0.4, 0.5) is 0 Å². The summed E-state index contributed by atoms with van der Waals surface area (Å²) in [6.07, 6.45) is 3.35. The SMILES string of the molecule is O=C(CC1(C(=O)O)CCCC1)N1CCNCC1. The molecule has 0 bridgehead atoms. The molecule has 0 aromatic carbocycles. The fraction of sp³-hybridized carbons (Fsp3) is 0.833. The number of amides is 1. The van der Waals surface area contributed by atoms with Crippen LogP contribution in [0.3, 0.4) is 0 Å². The molecule has 2 fully saturated rings. The Kier molecular flexibility index (Phi) is 3.66. The molecule has 1 saturated carbocycles. The molecule has 2 N–H and O–H groups in total. The van der Waals surface area contributed by atoms with Crippen molar-refractivity contribution in [2.24, 2.45) is 5.41 Å². The van der Waals surface area contributed by atoms with E-state index in [2.05, 4.69) is 5.32 Å². The number of nitrogens with zero attached hydrogens (tertiary/aromatic N) is 1. The molecule has 2 aliphatic rings. The molecule has 96 valence electrons. The van der Waals surface area contributed by atoms with Crippen molar-refractivity contribution in [2.45, 2.75) is 32.1 Å². The van der Waals surface area contributed by atoms with E-state index in [4.69, 9.17) is 0 Å². The number of rotatable bonds is 3. The number of hydrogen-bond acceptors (Lipinski definition) is 3. The Morgan fingerprint density at radius 2 is 1.76 bits per heavy atom. The van der Waals surface area contributed by atoms with E-state index in [9.17, 15) is 14.7 Å². The van der Waals surface area contributed by atoms with Crippen LogP contribution in [0.5, 0.6) is 0 Å². The zero-order valence-electron chi connectivity index (χ0n) is 10.1. The quantitative estimate of drug-likeness (QED) is 0.751. The number of nitrogens with one attached hydrogen (secondary N) is 1. The second kappa shape index (κ2) is 5.04. The lowest BCUT2D eigenvalue weighted by atomic mass is 9.82. The summed E-state index contributed by atoms with van der Waals surface area (Å²) >= 11 is 0. The molecule has 0 spiro atoms. The predicted octanol–water partition coefficient (Wildman–Crippen LogP) is 0.453. The third-order valence-corrected chi connectivity index (χ3v) is 3.97. The zero-order valence-corrected chi connectivity index (χ0v) is 10.1. The maximum absolute atomic E-state index is 12.1. The monoisotopic (exact) mass is 240 g/mol.